The second kappa shape index (κ2) is 7.81. The summed E-state index contributed by atoms with van der Waals surface area (Å²) in [5.74, 6) is -0.0832. The number of rotatable bonds is 7. The SMILES string of the molecule is CCn1nccc1CN(C)C(=O)c1ccc(Cn2cc([N+](=O)[O-])cn2)cc1. The zero-order valence-corrected chi connectivity index (χ0v) is 15.1. The van der Waals surface area contributed by atoms with Crippen molar-refractivity contribution in [1.29, 1.82) is 0 Å². The van der Waals surface area contributed by atoms with Crippen molar-refractivity contribution in [2.24, 2.45) is 0 Å². The average molecular weight is 368 g/mol. The predicted molar refractivity (Wildman–Crippen MR) is 98.1 cm³/mol. The van der Waals surface area contributed by atoms with Crippen LogP contribution in [0.15, 0.2) is 48.9 Å². The minimum absolute atomic E-state index is 0.0465. The van der Waals surface area contributed by atoms with Crippen molar-refractivity contribution < 1.29 is 9.72 Å². The van der Waals surface area contributed by atoms with Crippen LogP contribution in [0.4, 0.5) is 5.69 Å². The van der Waals surface area contributed by atoms with Crippen LogP contribution >= 0.6 is 0 Å². The Hall–Kier alpha value is -3.49. The highest BCUT2D eigenvalue weighted by Crippen LogP contribution is 2.13. The van der Waals surface area contributed by atoms with E-state index in [9.17, 15) is 14.9 Å². The Kier molecular flexibility index (Phi) is 5.30. The van der Waals surface area contributed by atoms with Crippen LogP contribution in [0.5, 0.6) is 0 Å². The molecule has 27 heavy (non-hydrogen) atoms. The summed E-state index contributed by atoms with van der Waals surface area (Å²) >= 11 is 0. The molecule has 9 nitrogen and oxygen atoms in total. The number of nitro groups is 1. The van der Waals surface area contributed by atoms with E-state index in [1.165, 1.54) is 17.1 Å². The lowest BCUT2D eigenvalue weighted by molar-refractivity contribution is -0.385. The third-order valence-corrected chi connectivity index (χ3v) is 4.23. The molecule has 2 aromatic heterocycles. The summed E-state index contributed by atoms with van der Waals surface area (Å²) in [7, 11) is 1.76. The molecule has 0 atom stereocenters. The van der Waals surface area contributed by atoms with Crippen LogP contribution in [0, 0.1) is 10.1 Å². The second-order valence-electron chi connectivity index (χ2n) is 6.15. The Morgan fingerprint density at radius 2 is 1.96 bits per heavy atom. The van der Waals surface area contributed by atoms with E-state index >= 15 is 0 Å². The highest BCUT2D eigenvalue weighted by molar-refractivity contribution is 5.94. The fraction of sp³-hybridized carbons (Fsp3) is 0.278. The molecule has 0 saturated heterocycles. The van der Waals surface area contributed by atoms with E-state index in [-0.39, 0.29) is 11.6 Å². The highest BCUT2D eigenvalue weighted by Gasteiger charge is 2.14. The topological polar surface area (TPSA) is 99.1 Å². The maximum absolute atomic E-state index is 12.6. The number of aromatic nitrogens is 4. The van der Waals surface area contributed by atoms with Gasteiger partial charge in [0, 0.05) is 25.4 Å². The molecule has 0 N–H and O–H groups in total. The van der Waals surface area contributed by atoms with Crippen molar-refractivity contribution in [1.82, 2.24) is 24.5 Å². The fourth-order valence-corrected chi connectivity index (χ4v) is 2.79. The van der Waals surface area contributed by atoms with Crippen LogP contribution in [-0.2, 0) is 19.6 Å². The van der Waals surface area contributed by atoms with Crippen molar-refractivity contribution in [2.75, 3.05) is 7.05 Å². The molecular weight excluding hydrogens is 348 g/mol. The Morgan fingerprint density at radius 1 is 1.22 bits per heavy atom. The van der Waals surface area contributed by atoms with Crippen LogP contribution in [0.3, 0.4) is 0 Å². The van der Waals surface area contributed by atoms with Crippen molar-refractivity contribution in [3.05, 3.63) is 75.9 Å². The largest absolute Gasteiger partial charge is 0.336 e. The molecule has 0 unspecified atom stereocenters. The van der Waals surface area contributed by atoms with Gasteiger partial charge in [0.25, 0.3) is 5.91 Å². The highest BCUT2D eigenvalue weighted by atomic mass is 16.6. The van der Waals surface area contributed by atoms with Gasteiger partial charge in [0.15, 0.2) is 0 Å². The van der Waals surface area contributed by atoms with Crippen molar-refractivity contribution in [3.8, 4) is 0 Å². The molecule has 0 spiro atoms. The van der Waals surface area contributed by atoms with E-state index in [0.29, 0.717) is 18.7 Å². The lowest BCUT2D eigenvalue weighted by Crippen LogP contribution is -2.27. The summed E-state index contributed by atoms with van der Waals surface area (Å²) < 4.78 is 3.35. The zero-order chi connectivity index (χ0) is 19.4. The molecule has 0 aliphatic rings. The van der Waals surface area contributed by atoms with Crippen molar-refractivity contribution in [2.45, 2.75) is 26.6 Å². The smallest absolute Gasteiger partial charge is 0.307 e. The number of aryl methyl sites for hydroxylation is 1. The molecule has 0 aliphatic heterocycles. The van der Waals surface area contributed by atoms with Gasteiger partial charge in [-0.3, -0.25) is 24.3 Å². The van der Waals surface area contributed by atoms with Gasteiger partial charge in [-0.05, 0) is 30.7 Å². The van der Waals surface area contributed by atoms with E-state index in [1.54, 1.807) is 30.3 Å². The van der Waals surface area contributed by atoms with Crippen LogP contribution in [-0.4, -0.2) is 42.3 Å². The van der Waals surface area contributed by atoms with Gasteiger partial charge in [-0.25, -0.2) is 0 Å². The Bertz CT molecular complexity index is 944. The van der Waals surface area contributed by atoms with Crippen molar-refractivity contribution >= 4 is 11.6 Å². The summed E-state index contributed by atoms with van der Waals surface area (Å²) in [5.41, 5.74) is 2.41. The molecule has 0 aliphatic carbocycles. The lowest BCUT2D eigenvalue weighted by atomic mass is 10.1. The Labute approximate surface area is 156 Å². The monoisotopic (exact) mass is 368 g/mol. The van der Waals surface area contributed by atoms with Gasteiger partial charge in [-0.2, -0.15) is 10.2 Å². The summed E-state index contributed by atoms with van der Waals surface area (Å²) in [6, 6.07) is 9.06. The van der Waals surface area contributed by atoms with Gasteiger partial charge in [0.2, 0.25) is 0 Å². The minimum atomic E-state index is -0.481. The maximum atomic E-state index is 12.6. The summed E-state index contributed by atoms with van der Waals surface area (Å²) in [6.45, 7) is 3.63. The summed E-state index contributed by atoms with van der Waals surface area (Å²) in [4.78, 5) is 24.5. The number of carbonyl (C=O) groups is 1. The van der Waals surface area contributed by atoms with E-state index in [4.69, 9.17) is 0 Å². The fourth-order valence-electron chi connectivity index (χ4n) is 2.79. The second-order valence-corrected chi connectivity index (χ2v) is 6.15. The first-order valence-corrected chi connectivity index (χ1v) is 8.50. The predicted octanol–water partition coefficient (Wildman–Crippen LogP) is 2.33. The number of hydrogen-bond acceptors (Lipinski definition) is 5. The quantitative estimate of drug-likeness (QED) is 0.471. The minimum Gasteiger partial charge on any atom is -0.336 e. The average Bonchev–Trinajstić information content (AvgIpc) is 3.31. The summed E-state index contributed by atoms with van der Waals surface area (Å²) in [6.07, 6.45) is 4.32. The molecule has 0 bridgehead atoms. The van der Waals surface area contributed by atoms with E-state index < -0.39 is 4.92 Å². The lowest BCUT2D eigenvalue weighted by Gasteiger charge is -2.18. The van der Waals surface area contributed by atoms with E-state index in [0.717, 1.165) is 17.8 Å². The molecule has 1 aromatic carbocycles. The molecule has 1 amide bonds. The molecule has 3 aromatic rings. The van der Waals surface area contributed by atoms with Crippen LogP contribution < -0.4 is 0 Å². The Balaban J connectivity index is 1.65. The van der Waals surface area contributed by atoms with Crippen LogP contribution in [0.25, 0.3) is 0 Å². The van der Waals surface area contributed by atoms with E-state index in [2.05, 4.69) is 10.2 Å². The number of nitrogens with zero attached hydrogens (tertiary/aromatic N) is 6. The van der Waals surface area contributed by atoms with Gasteiger partial charge in [-0.15, -0.1) is 0 Å². The van der Waals surface area contributed by atoms with Gasteiger partial charge in [0.05, 0.1) is 23.7 Å². The van der Waals surface area contributed by atoms with Crippen molar-refractivity contribution in [3.63, 3.8) is 0 Å². The molecule has 0 saturated carbocycles. The van der Waals surface area contributed by atoms with Crippen LogP contribution in [0.2, 0.25) is 0 Å². The number of carbonyl (C=O) groups excluding carboxylic acids is 1. The summed E-state index contributed by atoms with van der Waals surface area (Å²) in [5, 5.41) is 18.9. The van der Waals surface area contributed by atoms with Crippen LogP contribution in [0.1, 0.15) is 28.5 Å². The Morgan fingerprint density at radius 3 is 2.59 bits per heavy atom. The molecule has 3 rings (SSSR count). The number of benzene rings is 1. The number of amides is 1. The maximum Gasteiger partial charge on any atom is 0.307 e. The molecule has 140 valence electrons. The van der Waals surface area contributed by atoms with Gasteiger partial charge >= 0.3 is 5.69 Å². The van der Waals surface area contributed by atoms with E-state index in [1.807, 2.05) is 29.8 Å². The molecule has 9 heteroatoms. The first-order valence-electron chi connectivity index (χ1n) is 8.50. The normalized spacial score (nSPS) is 10.7. The van der Waals surface area contributed by atoms with Gasteiger partial charge in [-0.1, -0.05) is 12.1 Å². The molecule has 0 radical (unpaired) electrons. The first kappa shape index (κ1) is 18.3. The third-order valence-electron chi connectivity index (χ3n) is 4.23. The van der Waals surface area contributed by atoms with Gasteiger partial charge < -0.3 is 4.90 Å². The molecule has 0 fully saturated rings. The standard InChI is InChI=1S/C18H20N6O3/c1-3-23-16(8-9-19-23)12-21(2)18(25)15-6-4-14(5-7-15)11-22-13-17(10-20-22)24(26)27/h4-10,13H,3,11-12H2,1-2H3. The molecular formula is C18H20N6O3. The van der Waals surface area contributed by atoms with Gasteiger partial charge in [0.1, 0.15) is 12.4 Å². The zero-order valence-electron chi connectivity index (χ0n) is 15.1. The molecule has 2 heterocycles. The number of hydrogen-bond donors (Lipinski definition) is 0. The third kappa shape index (κ3) is 4.20. The first-order chi connectivity index (χ1) is 13.0.